The first kappa shape index (κ1) is 29.5. The van der Waals surface area contributed by atoms with E-state index in [-0.39, 0.29) is 0 Å². The van der Waals surface area contributed by atoms with Crippen LogP contribution in [0.15, 0.2) is 159 Å². The van der Waals surface area contributed by atoms with Crippen molar-refractivity contribution in [3.63, 3.8) is 0 Å². The number of fused-ring (bicyclic) bond motifs is 8. The second-order valence-electron chi connectivity index (χ2n) is 15.1. The lowest BCUT2D eigenvalue weighted by molar-refractivity contribution is 0.503. The molecule has 250 valence electrons. The lowest BCUT2D eigenvalue weighted by Crippen LogP contribution is -2.27. The average molecular weight is 663 g/mol. The van der Waals surface area contributed by atoms with Crippen LogP contribution in [0, 0.1) is 5.92 Å². The molecule has 0 radical (unpaired) electrons. The maximum Gasteiger partial charge on any atom is 0.138 e. The number of rotatable bonds is 4. The van der Waals surface area contributed by atoms with Gasteiger partial charge in [0.25, 0.3) is 0 Å². The van der Waals surface area contributed by atoms with E-state index in [0.717, 1.165) is 75.2 Å². The molecular formula is C48H42N2O. The van der Waals surface area contributed by atoms with Crippen molar-refractivity contribution in [2.24, 2.45) is 5.92 Å². The fourth-order valence-corrected chi connectivity index (χ4v) is 9.98. The molecule has 3 heteroatoms. The van der Waals surface area contributed by atoms with Gasteiger partial charge < -0.3 is 14.2 Å². The summed E-state index contributed by atoms with van der Waals surface area (Å²) in [6.45, 7) is 0. The second-order valence-corrected chi connectivity index (χ2v) is 15.1. The molecule has 0 saturated heterocycles. The molecule has 0 N–H and O–H groups in total. The first-order chi connectivity index (χ1) is 25.3. The van der Waals surface area contributed by atoms with Gasteiger partial charge >= 0.3 is 0 Å². The maximum atomic E-state index is 6.58. The number of hydrogen-bond donors (Lipinski definition) is 0. The zero-order valence-electron chi connectivity index (χ0n) is 29.1. The van der Waals surface area contributed by atoms with Gasteiger partial charge in [-0.1, -0.05) is 78.9 Å². The van der Waals surface area contributed by atoms with E-state index >= 15 is 0 Å². The van der Waals surface area contributed by atoms with E-state index in [1.165, 1.54) is 78.2 Å². The van der Waals surface area contributed by atoms with Gasteiger partial charge in [0.05, 0.1) is 0 Å². The fourth-order valence-electron chi connectivity index (χ4n) is 9.98. The molecule has 2 unspecified atom stereocenters. The number of hydrogen-bond acceptors (Lipinski definition) is 3. The van der Waals surface area contributed by atoms with E-state index < -0.39 is 0 Å². The van der Waals surface area contributed by atoms with E-state index in [2.05, 4.69) is 131 Å². The van der Waals surface area contributed by atoms with Crippen molar-refractivity contribution in [2.45, 2.75) is 70.1 Å². The molecule has 2 aromatic carbocycles. The van der Waals surface area contributed by atoms with Crippen molar-refractivity contribution in [1.29, 1.82) is 0 Å². The standard InChI is InChI=1S/C48H42N2O/c1-3-12-34(13-4-1)49-43-20-9-7-16-37(43)40-28-31(22-25-44(40)49)32-23-26-45-41(29-32)42-30-33(24-27-46(42)50(45)35-14-5-2-6-15-35)36-18-11-19-39-38-17-8-10-21-47(38)51-48(36)39/h3,5,7-8,10,12-17,19,21-27,29,40,42H,1-2,4,6,9,11,18,20,28,30H2. The van der Waals surface area contributed by atoms with E-state index in [4.69, 9.17) is 4.42 Å². The third kappa shape index (κ3) is 4.56. The summed E-state index contributed by atoms with van der Waals surface area (Å²) in [5.41, 5.74) is 19.1. The summed E-state index contributed by atoms with van der Waals surface area (Å²) in [6, 6.07) is 15.9. The van der Waals surface area contributed by atoms with Crippen LogP contribution in [0.5, 0.6) is 0 Å². The number of allylic oxidation sites excluding steroid dienone is 17. The van der Waals surface area contributed by atoms with Gasteiger partial charge in [-0.15, -0.1) is 0 Å². The largest absolute Gasteiger partial charge is 0.456 e. The lowest BCUT2D eigenvalue weighted by atomic mass is 9.80. The predicted octanol–water partition coefficient (Wildman–Crippen LogP) is 10.7. The van der Waals surface area contributed by atoms with Crippen molar-refractivity contribution < 1.29 is 4.42 Å². The molecule has 3 nitrogen and oxygen atoms in total. The van der Waals surface area contributed by atoms with Crippen LogP contribution in [0.2, 0.25) is 0 Å². The summed E-state index contributed by atoms with van der Waals surface area (Å²) in [6.07, 6.45) is 41.9. The van der Waals surface area contributed by atoms with Gasteiger partial charge in [-0.2, -0.15) is 0 Å². The fraction of sp³-hybridized carbons (Fsp3) is 0.250. The van der Waals surface area contributed by atoms with Gasteiger partial charge in [-0.25, -0.2) is 0 Å². The van der Waals surface area contributed by atoms with E-state index in [1.807, 2.05) is 0 Å². The highest BCUT2D eigenvalue weighted by Crippen LogP contribution is 2.54. The number of para-hydroxylation sites is 1. The van der Waals surface area contributed by atoms with Gasteiger partial charge in [0.2, 0.25) is 0 Å². The van der Waals surface area contributed by atoms with Crippen LogP contribution in [0.25, 0.3) is 28.2 Å². The Bertz CT molecular complexity index is 2490. The highest BCUT2D eigenvalue weighted by molar-refractivity contribution is 5.84. The zero-order chi connectivity index (χ0) is 33.5. The topological polar surface area (TPSA) is 19.6 Å². The van der Waals surface area contributed by atoms with Crippen molar-refractivity contribution in [3.8, 4) is 0 Å². The smallest absolute Gasteiger partial charge is 0.138 e. The van der Waals surface area contributed by atoms with Crippen LogP contribution >= 0.6 is 0 Å². The molecule has 2 aliphatic heterocycles. The van der Waals surface area contributed by atoms with Crippen molar-refractivity contribution >= 4 is 33.9 Å². The van der Waals surface area contributed by atoms with Crippen LogP contribution in [0.1, 0.15) is 81.3 Å². The molecule has 3 heterocycles. The first-order valence-corrected chi connectivity index (χ1v) is 19.2. The SMILES string of the molecule is C1=CC(N2C3=CC=C(c4ccc5c(c4)C4CC(C6=c7oc8ccccc8c7=CCC6)=CC=C4N5C4=CCCC=C4)CC3C3=C2CCC=C3)=CCC1. The molecule has 8 aliphatic rings. The number of anilines is 1. The molecule has 0 spiro atoms. The van der Waals surface area contributed by atoms with Crippen molar-refractivity contribution in [2.75, 3.05) is 4.90 Å². The third-order valence-corrected chi connectivity index (χ3v) is 12.3. The Kier molecular flexibility index (Phi) is 6.72. The molecule has 1 aromatic heterocycles. The third-order valence-electron chi connectivity index (χ3n) is 12.3. The molecule has 2 atom stereocenters. The van der Waals surface area contributed by atoms with Gasteiger partial charge in [0.15, 0.2) is 0 Å². The minimum atomic E-state index is 0.306. The molecule has 3 aromatic rings. The molecule has 0 amide bonds. The van der Waals surface area contributed by atoms with Gasteiger partial charge in [-0.3, -0.25) is 0 Å². The number of furan rings is 1. The van der Waals surface area contributed by atoms with E-state index in [1.54, 1.807) is 0 Å². The molecule has 51 heavy (non-hydrogen) atoms. The maximum absolute atomic E-state index is 6.58. The van der Waals surface area contributed by atoms with Crippen LogP contribution < -0.4 is 15.5 Å². The second kappa shape index (κ2) is 11.6. The van der Waals surface area contributed by atoms with E-state index in [9.17, 15) is 0 Å². The molecule has 0 bridgehead atoms. The Morgan fingerprint density at radius 1 is 0.627 bits per heavy atom. The average Bonchev–Trinajstić information content (AvgIpc) is 3.85. The van der Waals surface area contributed by atoms with Crippen molar-refractivity contribution in [3.05, 3.63) is 177 Å². The van der Waals surface area contributed by atoms with Gasteiger partial charge in [-0.05, 0) is 140 Å². The normalized spacial score (nSPS) is 24.5. The Balaban J connectivity index is 0.997. The van der Waals surface area contributed by atoms with Crippen LogP contribution in [-0.4, -0.2) is 4.90 Å². The molecule has 0 saturated carbocycles. The number of nitrogens with zero attached hydrogens (tertiary/aromatic N) is 2. The number of benzene rings is 2. The Morgan fingerprint density at radius 2 is 1.39 bits per heavy atom. The summed E-state index contributed by atoms with van der Waals surface area (Å²) in [4.78, 5) is 5.15. The minimum Gasteiger partial charge on any atom is -0.456 e. The summed E-state index contributed by atoms with van der Waals surface area (Å²) in [5.74, 6) is 0.715. The van der Waals surface area contributed by atoms with Crippen molar-refractivity contribution in [1.82, 2.24) is 4.90 Å². The first-order valence-electron chi connectivity index (χ1n) is 19.2. The summed E-state index contributed by atoms with van der Waals surface area (Å²) < 4.78 is 6.58. The Labute approximate surface area is 300 Å². The summed E-state index contributed by atoms with van der Waals surface area (Å²) >= 11 is 0. The van der Waals surface area contributed by atoms with Crippen LogP contribution in [0.3, 0.4) is 0 Å². The van der Waals surface area contributed by atoms with Gasteiger partial charge in [0, 0.05) is 56.6 Å². The highest BCUT2D eigenvalue weighted by Gasteiger charge is 2.40. The lowest BCUT2D eigenvalue weighted by Gasteiger charge is -2.30. The highest BCUT2D eigenvalue weighted by atomic mass is 16.3. The monoisotopic (exact) mass is 662 g/mol. The molecular weight excluding hydrogens is 621 g/mol. The van der Waals surface area contributed by atoms with Gasteiger partial charge in [0.1, 0.15) is 11.0 Å². The Hall–Kier alpha value is -5.28. The van der Waals surface area contributed by atoms with E-state index in [0.29, 0.717) is 11.8 Å². The predicted molar refractivity (Wildman–Crippen MR) is 209 cm³/mol. The molecule has 11 rings (SSSR count). The summed E-state index contributed by atoms with van der Waals surface area (Å²) in [5, 5.41) is 2.51. The quantitative estimate of drug-likeness (QED) is 0.277. The minimum absolute atomic E-state index is 0.306. The Morgan fingerprint density at radius 3 is 2.24 bits per heavy atom. The molecule has 6 aliphatic carbocycles. The zero-order valence-corrected chi connectivity index (χ0v) is 29.1. The summed E-state index contributed by atoms with van der Waals surface area (Å²) in [7, 11) is 0. The molecule has 0 fully saturated rings. The van der Waals surface area contributed by atoms with Crippen LogP contribution in [-0.2, 0) is 0 Å². The van der Waals surface area contributed by atoms with Crippen LogP contribution in [0.4, 0.5) is 5.69 Å².